The first kappa shape index (κ1) is 21.7. The second kappa shape index (κ2) is 9.65. The van der Waals surface area contributed by atoms with Crippen molar-refractivity contribution >= 4 is 35.0 Å². The topological polar surface area (TPSA) is 96.0 Å². The quantitative estimate of drug-likeness (QED) is 0.269. The standard InChI is InChI=1S/C22H19N3O3S2/c1-14-20(15(2)26)21(16-7-6-8-17(11-16)25(27)28)19(12-23)22(24-14)30-13-29-18-9-4-3-5-10-18/h3-11,21,24H,13H2,1-2H3/t21-/m1/s1. The van der Waals surface area contributed by atoms with Crippen molar-refractivity contribution < 1.29 is 9.72 Å². The number of carbonyl (C=O) groups excluding carboxylic acids is 1. The lowest BCUT2D eigenvalue weighted by Gasteiger charge is -2.29. The average Bonchev–Trinajstić information content (AvgIpc) is 2.73. The predicted molar refractivity (Wildman–Crippen MR) is 120 cm³/mol. The molecule has 0 aliphatic carbocycles. The number of nitro benzene ring substituents is 1. The number of rotatable bonds is 7. The highest BCUT2D eigenvalue weighted by Crippen LogP contribution is 2.42. The smallest absolute Gasteiger partial charge is 0.269 e. The van der Waals surface area contributed by atoms with E-state index in [0.29, 0.717) is 32.5 Å². The van der Waals surface area contributed by atoms with Crippen molar-refractivity contribution in [1.82, 2.24) is 5.32 Å². The number of hydrogen-bond acceptors (Lipinski definition) is 7. The second-order valence-electron chi connectivity index (χ2n) is 6.58. The van der Waals surface area contributed by atoms with Crippen molar-refractivity contribution in [3.05, 3.63) is 92.1 Å². The van der Waals surface area contributed by atoms with Gasteiger partial charge >= 0.3 is 0 Å². The molecule has 1 heterocycles. The molecule has 0 bridgehead atoms. The van der Waals surface area contributed by atoms with Crippen LogP contribution in [0.25, 0.3) is 0 Å². The summed E-state index contributed by atoms with van der Waals surface area (Å²) in [5.74, 6) is -0.815. The van der Waals surface area contributed by atoms with Gasteiger partial charge in [0.05, 0.1) is 32.6 Å². The van der Waals surface area contributed by atoms with Crippen LogP contribution in [0.3, 0.4) is 0 Å². The van der Waals surface area contributed by atoms with Gasteiger partial charge < -0.3 is 5.32 Å². The Balaban J connectivity index is 1.97. The van der Waals surface area contributed by atoms with Crippen molar-refractivity contribution in [2.75, 3.05) is 5.08 Å². The van der Waals surface area contributed by atoms with Gasteiger partial charge in [-0.25, -0.2) is 0 Å². The molecular formula is C22H19N3O3S2. The monoisotopic (exact) mass is 437 g/mol. The van der Waals surface area contributed by atoms with E-state index < -0.39 is 10.8 Å². The molecule has 0 unspecified atom stereocenters. The highest BCUT2D eigenvalue weighted by atomic mass is 32.2. The van der Waals surface area contributed by atoms with Crippen LogP contribution in [-0.4, -0.2) is 15.8 Å². The van der Waals surface area contributed by atoms with Crippen LogP contribution in [0.1, 0.15) is 25.3 Å². The second-order valence-corrected chi connectivity index (χ2v) is 8.98. The fraction of sp³-hybridized carbons (Fsp3) is 0.182. The summed E-state index contributed by atoms with van der Waals surface area (Å²) < 4.78 is 0. The van der Waals surface area contributed by atoms with E-state index in [1.807, 2.05) is 30.3 Å². The molecule has 1 atom stereocenters. The molecular weight excluding hydrogens is 418 g/mol. The molecule has 152 valence electrons. The summed E-state index contributed by atoms with van der Waals surface area (Å²) in [6.45, 7) is 3.24. The minimum absolute atomic E-state index is 0.0716. The predicted octanol–water partition coefficient (Wildman–Crippen LogP) is 5.36. The van der Waals surface area contributed by atoms with Crippen LogP contribution in [-0.2, 0) is 4.79 Å². The Morgan fingerprint density at radius 2 is 1.93 bits per heavy atom. The Labute approximate surface area is 183 Å². The minimum Gasteiger partial charge on any atom is -0.353 e. The maximum absolute atomic E-state index is 12.4. The van der Waals surface area contributed by atoms with Gasteiger partial charge in [-0.15, -0.1) is 11.8 Å². The number of nitrogens with one attached hydrogen (secondary N) is 1. The molecule has 0 amide bonds. The summed E-state index contributed by atoms with van der Waals surface area (Å²) in [6, 6.07) is 18.3. The number of dihydropyridines is 1. The van der Waals surface area contributed by atoms with Crippen LogP contribution in [0, 0.1) is 21.4 Å². The number of carbonyl (C=O) groups is 1. The fourth-order valence-electron chi connectivity index (χ4n) is 3.32. The van der Waals surface area contributed by atoms with Crippen molar-refractivity contribution in [3.63, 3.8) is 0 Å². The first-order valence-corrected chi connectivity index (χ1v) is 11.1. The third-order valence-corrected chi connectivity index (χ3v) is 6.77. The molecule has 0 radical (unpaired) electrons. The molecule has 1 aliphatic heterocycles. The van der Waals surface area contributed by atoms with E-state index in [1.54, 1.807) is 30.8 Å². The number of non-ortho nitro benzene ring substituents is 1. The maximum atomic E-state index is 12.4. The molecule has 2 aromatic carbocycles. The van der Waals surface area contributed by atoms with Crippen LogP contribution in [0.15, 0.2) is 81.4 Å². The van der Waals surface area contributed by atoms with Crippen molar-refractivity contribution in [1.29, 1.82) is 5.26 Å². The third kappa shape index (κ3) is 4.75. The van der Waals surface area contributed by atoms with Gasteiger partial charge in [0.2, 0.25) is 0 Å². The van der Waals surface area contributed by atoms with Crippen LogP contribution in [0.4, 0.5) is 5.69 Å². The lowest BCUT2D eigenvalue weighted by atomic mass is 9.81. The van der Waals surface area contributed by atoms with E-state index in [4.69, 9.17) is 0 Å². The van der Waals surface area contributed by atoms with Crippen LogP contribution in [0.2, 0.25) is 0 Å². The lowest BCUT2D eigenvalue weighted by Crippen LogP contribution is -2.27. The lowest BCUT2D eigenvalue weighted by molar-refractivity contribution is -0.384. The van der Waals surface area contributed by atoms with Crippen molar-refractivity contribution in [2.24, 2.45) is 0 Å². The summed E-state index contributed by atoms with van der Waals surface area (Å²) in [7, 11) is 0. The number of allylic oxidation sites excluding steroid dienone is 3. The zero-order valence-electron chi connectivity index (χ0n) is 16.4. The molecule has 0 fully saturated rings. The number of nitriles is 1. The first-order valence-electron chi connectivity index (χ1n) is 9.10. The fourth-order valence-corrected chi connectivity index (χ4v) is 5.46. The molecule has 0 saturated carbocycles. The van der Waals surface area contributed by atoms with Gasteiger partial charge in [-0.2, -0.15) is 5.26 Å². The van der Waals surface area contributed by atoms with Crippen molar-refractivity contribution in [2.45, 2.75) is 24.7 Å². The molecule has 8 heteroatoms. The molecule has 0 spiro atoms. The highest BCUT2D eigenvalue weighted by molar-refractivity contribution is 8.17. The number of thioether (sulfide) groups is 2. The van der Waals surface area contributed by atoms with Crippen LogP contribution >= 0.6 is 23.5 Å². The number of ketones is 1. The van der Waals surface area contributed by atoms with Gasteiger partial charge in [-0.3, -0.25) is 14.9 Å². The van der Waals surface area contributed by atoms with E-state index in [9.17, 15) is 20.2 Å². The molecule has 6 nitrogen and oxygen atoms in total. The van der Waals surface area contributed by atoms with Gasteiger partial charge in [-0.05, 0) is 31.5 Å². The molecule has 0 saturated heterocycles. The molecule has 1 N–H and O–H groups in total. The maximum Gasteiger partial charge on any atom is 0.269 e. The first-order chi connectivity index (χ1) is 14.4. The molecule has 2 aromatic rings. The number of hydrogen-bond donors (Lipinski definition) is 1. The Morgan fingerprint density at radius 1 is 1.20 bits per heavy atom. The Hall–Kier alpha value is -3.02. The number of benzene rings is 2. The zero-order chi connectivity index (χ0) is 21.7. The van der Waals surface area contributed by atoms with Gasteiger partial charge in [0, 0.05) is 28.3 Å². The summed E-state index contributed by atoms with van der Waals surface area (Å²) in [4.78, 5) is 24.3. The SMILES string of the molecule is CC(=O)C1=C(C)NC(SCSc2ccccc2)=C(C#N)[C@H]1c1cccc([N+](=O)[O-])c1. The summed E-state index contributed by atoms with van der Waals surface area (Å²) in [5.41, 5.74) is 1.99. The van der Waals surface area contributed by atoms with Crippen LogP contribution < -0.4 is 5.32 Å². The summed E-state index contributed by atoms with van der Waals surface area (Å²) >= 11 is 3.13. The Kier molecular flexibility index (Phi) is 6.98. The average molecular weight is 438 g/mol. The molecule has 0 aromatic heterocycles. The van der Waals surface area contributed by atoms with Gasteiger partial charge in [0.1, 0.15) is 0 Å². The van der Waals surface area contributed by atoms with E-state index >= 15 is 0 Å². The normalized spacial score (nSPS) is 16.1. The number of Topliss-reactive ketones (excluding diaryl/α,β-unsaturated/α-hetero) is 1. The molecule has 1 aliphatic rings. The summed E-state index contributed by atoms with van der Waals surface area (Å²) in [5, 5.41) is 25.7. The molecule has 30 heavy (non-hydrogen) atoms. The zero-order valence-corrected chi connectivity index (χ0v) is 18.0. The van der Waals surface area contributed by atoms with Gasteiger partial charge in [0.15, 0.2) is 5.78 Å². The molecule has 3 rings (SSSR count). The number of nitro groups is 1. The number of nitrogens with zero attached hydrogens (tertiary/aromatic N) is 2. The van der Waals surface area contributed by atoms with Crippen LogP contribution in [0.5, 0.6) is 0 Å². The highest BCUT2D eigenvalue weighted by Gasteiger charge is 2.33. The largest absolute Gasteiger partial charge is 0.353 e. The Morgan fingerprint density at radius 3 is 2.57 bits per heavy atom. The van der Waals surface area contributed by atoms with E-state index in [1.165, 1.54) is 30.8 Å². The third-order valence-electron chi connectivity index (χ3n) is 4.61. The summed E-state index contributed by atoms with van der Waals surface area (Å²) in [6.07, 6.45) is 0. The van der Waals surface area contributed by atoms with Gasteiger partial charge in [0.25, 0.3) is 5.69 Å². The minimum atomic E-state index is -0.641. The van der Waals surface area contributed by atoms with E-state index in [0.717, 1.165) is 4.90 Å². The Bertz CT molecular complexity index is 1090. The van der Waals surface area contributed by atoms with E-state index in [2.05, 4.69) is 11.4 Å². The van der Waals surface area contributed by atoms with Crippen molar-refractivity contribution in [3.8, 4) is 6.07 Å². The van der Waals surface area contributed by atoms with E-state index in [-0.39, 0.29) is 11.5 Å². The van der Waals surface area contributed by atoms with Gasteiger partial charge in [-0.1, -0.05) is 42.1 Å².